The monoisotopic (exact) mass is 302 g/mol. The SMILES string of the molecule is CCCC1(C(=O)NC2CCCS(=O)(=O)C2)CCNCC1. The maximum absolute atomic E-state index is 12.7. The van der Waals surface area contributed by atoms with Gasteiger partial charge in [0.25, 0.3) is 0 Å². The minimum Gasteiger partial charge on any atom is -0.352 e. The standard InChI is InChI=1S/C14H26N2O3S/c1-2-5-14(6-8-15-9-7-14)13(17)16-12-4-3-10-20(18,19)11-12/h12,15H,2-11H2,1H3,(H,16,17). The first-order chi connectivity index (χ1) is 9.47. The molecule has 2 heterocycles. The molecule has 2 aliphatic heterocycles. The number of sulfone groups is 1. The second-order valence-electron chi connectivity index (χ2n) is 6.21. The summed E-state index contributed by atoms with van der Waals surface area (Å²) in [5, 5.41) is 6.32. The zero-order valence-corrected chi connectivity index (χ0v) is 13.1. The molecule has 1 unspecified atom stereocenters. The Bertz CT molecular complexity index is 436. The van der Waals surface area contributed by atoms with Gasteiger partial charge in [-0.1, -0.05) is 13.3 Å². The van der Waals surface area contributed by atoms with Crippen LogP contribution in [0.25, 0.3) is 0 Å². The molecule has 2 fully saturated rings. The molecule has 0 radical (unpaired) electrons. The first kappa shape index (κ1) is 15.8. The highest BCUT2D eigenvalue weighted by Crippen LogP contribution is 2.34. The Morgan fingerprint density at radius 3 is 2.65 bits per heavy atom. The van der Waals surface area contributed by atoms with Gasteiger partial charge in [-0.2, -0.15) is 0 Å². The summed E-state index contributed by atoms with van der Waals surface area (Å²) in [5.74, 6) is 0.450. The highest BCUT2D eigenvalue weighted by atomic mass is 32.2. The number of nitrogens with one attached hydrogen (secondary N) is 2. The van der Waals surface area contributed by atoms with Crippen LogP contribution in [0.2, 0.25) is 0 Å². The molecule has 5 nitrogen and oxygen atoms in total. The van der Waals surface area contributed by atoms with Gasteiger partial charge in [-0.15, -0.1) is 0 Å². The topological polar surface area (TPSA) is 75.3 Å². The normalized spacial score (nSPS) is 28.8. The molecule has 0 aromatic carbocycles. The second-order valence-corrected chi connectivity index (χ2v) is 8.44. The molecule has 2 saturated heterocycles. The summed E-state index contributed by atoms with van der Waals surface area (Å²) < 4.78 is 23.3. The molecule has 2 N–H and O–H groups in total. The number of rotatable bonds is 4. The van der Waals surface area contributed by atoms with Crippen LogP contribution in [0.1, 0.15) is 45.4 Å². The molecule has 0 aromatic rings. The third-order valence-corrected chi connectivity index (χ3v) is 6.39. The van der Waals surface area contributed by atoms with E-state index in [2.05, 4.69) is 17.6 Å². The van der Waals surface area contributed by atoms with Crippen LogP contribution in [0.5, 0.6) is 0 Å². The predicted molar refractivity (Wildman–Crippen MR) is 79.3 cm³/mol. The fourth-order valence-electron chi connectivity index (χ4n) is 3.45. The molecule has 0 saturated carbocycles. The van der Waals surface area contributed by atoms with Crippen LogP contribution in [-0.4, -0.2) is 45.0 Å². The van der Waals surface area contributed by atoms with Crippen molar-refractivity contribution in [3.05, 3.63) is 0 Å². The maximum Gasteiger partial charge on any atom is 0.226 e. The molecule has 2 aliphatic rings. The lowest BCUT2D eigenvalue weighted by atomic mass is 9.74. The molecule has 0 aromatic heterocycles. The molecule has 0 bridgehead atoms. The van der Waals surface area contributed by atoms with Crippen molar-refractivity contribution in [3.8, 4) is 0 Å². The van der Waals surface area contributed by atoms with E-state index in [4.69, 9.17) is 0 Å². The maximum atomic E-state index is 12.7. The molecular weight excluding hydrogens is 276 g/mol. The van der Waals surface area contributed by atoms with E-state index in [1.807, 2.05) is 0 Å². The Balaban J connectivity index is 2.01. The Morgan fingerprint density at radius 1 is 1.35 bits per heavy atom. The molecule has 1 amide bonds. The van der Waals surface area contributed by atoms with Crippen molar-refractivity contribution in [2.75, 3.05) is 24.6 Å². The first-order valence-electron chi connectivity index (χ1n) is 7.69. The van der Waals surface area contributed by atoms with Crippen molar-refractivity contribution >= 4 is 15.7 Å². The largest absolute Gasteiger partial charge is 0.352 e. The summed E-state index contributed by atoms with van der Waals surface area (Å²) in [7, 11) is -2.97. The molecule has 2 rings (SSSR count). The van der Waals surface area contributed by atoms with Crippen LogP contribution < -0.4 is 10.6 Å². The minimum absolute atomic E-state index is 0.0722. The molecule has 6 heteroatoms. The Kier molecular flexibility index (Phi) is 5.07. The van der Waals surface area contributed by atoms with Crippen LogP contribution in [-0.2, 0) is 14.6 Å². The van der Waals surface area contributed by atoms with Crippen molar-refractivity contribution < 1.29 is 13.2 Å². The van der Waals surface area contributed by atoms with Crippen molar-refractivity contribution in [1.82, 2.24) is 10.6 Å². The van der Waals surface area contributed by atoms with E-state index in [0.29, 0.717) is 6.42 Å². The zero-order valence-electron chi connectivity index (χ0n) is 12.3. The molecule has 0 aliphatic carbocycles. The number of hydrogen-bond acceptors (Lipinski definition) is 4. The van der Waals surface area contributed by atoms with Crippen molar-refractivity contribution in [2.24, 2.45) is 5.41 Å². The van der Waals surface area contributed by atoms with E-state index < -0.39 is 9.84 Å². The number of carbonyl (C=O) groups excluding carboxylic acids is 1. The molecule has 1 atom stereocenters. The minimum atomic E-state index is -2.97. The van der Waals surface area contributed by atoms with Crippen LogP contribution in [0, 0.1) is 5.41 Å². The van der Waals surface area contributed by atoms with E-state index in [1.54, 1.807) is 0 Å². The Labute approximate surface area is 121 Å². The van der Waals surface area contributed by atoms with Gasteiger partial charge in [-0.05, 0) is 45.2 Å². The fourth-order valence-corrected chi connectivity index (χ4v) is 5.09. The Hall–Kier alpha value is -0.620. The quantitative estimate of drug-likeness (QED) is 0.807. The molecule has 0 spiro atoms. The van der Waals surface area contributed by atoms with E-state index in [9.17, 15) is 13.2 Å². The lowest BCUT2D eigenvalue weighted by Gasteiger charge is -2.37. The smallest absolute Gasteiger partial charge is 0.226 e. The third-order valence-electron chi connectivity index (χ3n) is 4.57. The third kappa shape index (κ3) is 3.73. The van der Waals surface area contributed by atoms with Gasteiger partial charge in [-0.3, -0.25) is 4.79 Å². The van der Waals surface area contributed by atoms with Crippen molar-refractivity contribution in [2.45, 2.75) is 51.5 Å². The summed E-state index contributed by atoms with van der Waals surface area (Å²) in [4.78, 5) is 12.7. The van der Waals surface area contributed by atoms with Crippen molar-refractivity contribution in [3.63, 3.8) is 0 Å². The van der Waals surface area contributed by atoms with Gasteiger partial charge in [0, 0.05) is 6.04 Å². The number of hydrogen-bond donors (Lipinski definition) is 2. The average Bonchev–Trinajstić information content (AvgIpc) is 2.39. The van der Waals surface area contributed by atoms with Gasteiger partial charge >= 0.3 is 0 Å². The van der Waals surface area contributed by atoms with Crippen LogP contribution in [0.3, 0.4) is 0 Å². The zero-order chi connectivity index (χ0) is 14.6. The second kappa shape index (κ2) is 6.43. The average molecular weight is 302 g/mol. The summed E-state index contributed by atoms with van der Waals surface area (Å²) >= 11 is 0. The number of carbonyl (C=O) groups is 1. The van der Waals surface area contributed by atoms with Crippen molar-refractivity contribution in [1.29, 1.82) is 0 Å². The van der Waals surface area contributed by atoms with E-state index in [1.165, 1.54) is 0 Å². The van der Waals surface area contributed by atoms with Crippen LogP contribution in [0.15, 0.2) is 0 Å². The number of piperidine rings is 1. The van der Waals surface area contributed by atoms with E-state index in [0.717, 1.165) is 45.2 Å². The fraction of sp³-hybridized carbons (Fsp3) is 0.929. The predicted octanol–water partition coefficient (Wildman–Crippen LogP) is 0.850. The Morgan fingerprint density at radius 2 is 2.05 bits per heavy atom. The lowest BCUT2D eigenvalue weighted by Crippen LogP contribution is -2.52. The van der Waals surface area contributed by atoms with Gasteiger partial charge in [0.1, 0.15) is 0 Å². The summed E-state index contributed by atoms with van der Waals surface area (Å²) in [6, 6.07) is -0.190. The van der Waals surface area contributed by atoms with Crippen LogP contribution >= 0.6 is 0 Å². The number of amides is 1. The first-order valence-corrected chi connectivity index (χ1v) is 9.52. The summed E-state index contributed by atoms with van der Waals surface area (Å²) in [5.41, 5.74) is -0.290. The van der Waals surface area contributed by atoms with E-state index >= 15 is 0 Å². The highest BCUT2D eigenvalue weighted by molar-refractivity contribution is 7.91. The van der Waals surface area contributed by atoms with Crippen LogP contribution in [0.4, 0.5) is 0 Å². The molecular formula is C14H26N2O3S. The van der Waals surface area contributed by atoms with Gasteiger partial charge < -0.3 is 10.6 Å². The summed E-state index contributed by atoms with van der Waals surface area (Å²) in [6.45, 7) is 3.84. The molecule has 20 heavy (non-hydrogen) atoms. The van der Waals surface area contributed by atoms with Gasteiger partial charge in [0.2, 0.25) is 5.91 Å². The van der Waals surface area contributed by atoms with Gasteiger partial charge in [0.05, 0.1) is 16.9 Å². The van der Waals surface area contributed by atoms with Gasteiger partial charge in [0.15, 0.2) is 9.84 Å². The highest BCUT2D eigenvalue weighted by Gasteiger charge is 2.40. The lowest BCUT2D eigenvalue weighted by molar-refractivity contribution is -0.133. The molecule has 116 valence electrons. The van der Waals surface area contributed by atoms with Gasteiger partial charge in [-0.25, -0.2) is 8.42 Å². The van der Waals surface area contributed by atoms with E-state index in [-0.39, 0.29) is 28.9 Å². The summed E-state index contributed by atoms with van der Waals surface area (Å²) in [6.07, 6.45) is 5.02.